The van der Waals surface area contributed by atoms with E-state index in [-0.39, 0.29) is 23.5 Å². The van der Waals surface area contributed by atoms with E-state index in [0.29, 0.717) is 24.6 Å². The fourth-order valence-corrected chi connectivity index (χ4v) is 4.21. The number of carbonyl (C=O) groups is 2. The van der Waals surface area contributed by atoms with Crippen LogP contribution in [0.25, 0.3) is 0 Å². The Morgan fingerprint density at radius 1 is 0.968 bits per heavy atom. The van der Waals surface area contributed by atoms with Gasteiger partial charge in [0.15, 0.2) is 0 Å². The molecular formula is C21H27N3O6S. The molecule has 168 valence electrons. The van der Waals surface area contributed by atoms with Crippen LogP contribution in [0.3, 0.4) is 0 Å². The number of nitrogens with zero attached hydrogens (tertiary/aromatic N) is 1. The van der Waals surface area contributed by atoms with Crippen LogP contribution in [0.15, 0.2) is 53.4 Å². The molecule has 0 atom stereocenters. The van der Waals surface area contributed by atoms with Gasteiger partial charge in [0.1, 0.15) is 11.5 Å². The summed E-state index contributed by atoms with van der Waals surface area (Å²) in [5.74, 6) is 0.209. The second-order valence-electron chi connectivity index (χ2n) is 6.39. The van der Waals surface area contributed by atoms with Crippen molar-refractivity contribution in [3.63, 3.8) is 0 Å². The van der Waals surface area contributed by atoms with Crippen molar-refractivity contribution in [3.05, 3.63) is 54.1 Å². The summed E-state index contributed by atoms with van der Waals surface area (Å²) in [6.45, 7) is 4.25. The molecule has 2 rings (SSSR count). The molecule has 0 saturated heterocycles. The van der Waals surface area contributed by atoms with Crippen molar-refractivity contribution < 1.29 is 27.5 Å². The molecule has 0 aromatic heterocycles. The number of hydrazine groups is 1. The van der Waals surface area contributed by atoms with Gasteiger partial charge in [-0.3, -0.25) is 20.4 Å². The van der Waals surface area contributed by atoms with Gasteiger partial charge < -0.3 is 9.47 Å². The molecule has 0 aliphatic carbocycles. The van der Waals surface area contributed by atoms with Crippen LogP contribution in [0.4, 0.5) is 0 Å². The second-order valence-corrected chi connectivity index (χ2v) is 8.33. The summed E-state index contributed by atoms with van der Waals surface area (Å²) < 4.78 is 37.0. The number of benzene rings is 2. The van der Waals surface area contributed by atoms with Gasteiger partial charge in [0.25, 0.3) is 5.91 Å². The third-order valence-corrected chi connectivity index (χ3v) is 6.46. The van der Waals surface area contributed by atoms with E-state index >= 15 is 0 Å². The smallest absolute Gasteiger partial charge is 0.269 e. The maximum atomic E-state index is 12.6. The molecule has 2 aromatic rings. The molecule has 0 aliphatic heterocycles. The van der Waals surface area contributed by atoms with Crippen LogP contribution in [-0.2, 0) is 14.8 Å². The van der Waals surface area contributed by atoms with Crippen LogP contribution in [0.5, 0.6) is 11.5 Å². The molecule has 0 spiro atoms. The molecule has 2 N–H and O–H groups in total. The van der Waals surface area contributed by atoms with Crippen molar-refractivity contribution in [2.45, 2.75) is 25.2 Å². The number of rotatable bonds is 10. The molecule has 0 fully saturated rings. The molecule has 2 amide bonds. The fourth-order valence-electron chi connectivity index (χ4n) is 2.71. The molecule has 9 nitrogen and oxygen atoms in total. The average Bonchev–Trinajstić information content (AvgIpc) is 2.78. The number of hydrogen-bond acceptors (Lipinski definition) is 6. The zero-order chi connectivity index (χ0) is 22.9. The van der Waals surface area contributed by atoms with Crippen LogP contribution in [-0.4, -0.2) is 51.3 Å². The topological polar surface area (TPSA) is 114 Å². The van der Waals surface area contributed by atoms with Crippen molar-refractivity contribution >= 4 is 21.8 Å². The molecule has 0 radical (unpaired) electrons. The lowest BCUT2D eigenvalue weighted by Gasteiger charge is -2.18. The van der Waals surface area contributed by atoms with Gasteiger partial charge in [0.05, 0.1) is 25.0 Å². The van der Waals surface area contributed by atoms with Crippen molar-refractivity contribution in [1.29, 1.82) is 0 Å². The Labute approximate surface area is 182 Å². The van der Waals surface area contributed by atoms with Gasteiger partial charge in [-0.1, -0.05) is 19.9 Å². The van der Waals surface area contributed by atoms with E-state index in [1.165, 1.54) is 28.6 Å². The SMILES string of the molecule is CCN(CC)S(=O)(=O)c1cccc(C(=O)NNC(=O)CCOc2ccc(OC)cc2)c1. The van der Waals surface area contributed by atoms with E-state index in [1.807, 2.05) is 0 Å². The van der Waals surface area contributed by atoms with Gasteiger partial charge in [-0.15, -0.1) is 0 Å². The fraction of sp³-hybridized carbons (Fsp3) is 0.333. The minimum absolute atomic E-state index is 0.0166. The van der Waals surface area contributed by atoms with E-state index in [9.17, 15) is 18.0 Å². The van der Waals surface area contributed by atoms with Gasteiger partial charge in [-0.2, -0.15) is 4.31 Å². The largest absolute Gasteiger partial charge is 0.497 e. The zero-order valence-electron chi connectivity index (χ0n) is 17.8. The number of nitrogens with one attached hydrogen (secondary N) is 2. The molecule has 0 aliphatic rings. The summed E-state index contributed by atoms with van der Waals surface area (Å²) in [7, 11) is -2.13. The number of hydrogen-bond donors (Lipinski definition) is 2. The summed E-state index contributed by atoms with van der Waals surface area (Å²) in [5, 5.41) is 0. The standard InChI is InChI=1S/C21H27N3O6S/c1-4-24(5-2)31(27,28)19-8-6-7-16(15-19)21(26)23-22-20(25)13-14-30-18-11-9-17(29-3)10-12-18/h6-12,15H,4-5,13-14H2,1-3H3,(H,22,25)(H,23,26). The highest BCUT2D eigenvalue weighted by Crippen LogP contribution is 2.18. The number of methoxy groups -OCH3 is 1. The van der Waals surface area contributed by atoms with Crippen LogP contribution in [0.1, 0.15) is 30.6 Å². The minimum atomic E-state index is -3.69. The monoisotopic (exact) mass is 449 g/mol. The number of carbonyl (C=O) groups excluding carboxylic acids is 2. The van der Waals surface area contributed by atoms with Crippen LogP contribution >= 0.6 is 0 Å². The molecule has 31 heavy (non-hydrogen) atoms. The highest BCUT2D eigenvalue weighted by Gasteiger charge is 2.22. The molecule has 0 bridgehead atoms. The first-order valence-corrected chi connectivity index (χ1v) is 11.2. The van der Waals surface area contributed by atoms with Gasteiger partial charge in [-0.05, 0) is 42.5 Å². The van der Waals surface area contributed by atoms with Crippen molar-refractivity contribution in [2.24, 2.45) is 0 Å². The van der Waals surface area contributed by atoms with Gasteiger partial charge in [0, 0.05) is 18.7 Å². The van der Waals surface area contributed by atoms with Crippen molar-refractivity contribution in [2.75, 3.05) is 26.8 Å². The quantitative estimate of drug-likeness (QED) is 0.536. The highest BCUT2D eigenvalue weighted by atomic mass is 32.2. The predicted octanol–water partition coefficient (Wildman–Crippen LogP) is 1.96. The van der Waals surface area contributed by atoms with E-state index in [0.717, 1.165) is 0 Å². The lowest BCUT2D eigenvalue weighted by atomic mass is 10.2. The Bertz CT molecular complexity index is 988. The lowest BCUT2D eigenvalue weighted by Crippen LogP contribution is -2.42. The van der Waals surface area contributed by atoms with E-state index < -0.39 is 21.8 Å². The maximum Gasteiger partial charge on any atom is 0.269 e. The van der Waals surface area contributed by atoms with Gasteiger partial charge >= 0.3 is 0 Å². The van der Waals surface area contributed by atoms with Gasteiger partial charge in [0.2, 0.25) is 15.9 Å². The Morgan fingerprint density at radius 2 is 1.61 bits per heavy atom. The number of ether oxygens (including phenoxy) is 2. The second kappa shape index (κ2) is 11.3. The Morgan fingerprint density at radius 3 is 2.23 bits per heavy atom. The van der Waals surface area contributed by atoms with E-state index in [1.54, 1.807) is 45.2 Å². The first-order valence-electron chi connectivity index (χ1n) is 9.78. The van der Waals surface area contributed by atoms with E-state index in [4.69, 9.17) is 9.47 Å². The summed E-state index contributed by atoms with van der Waals surface area (Å²) >= 11 is 0. The first kappa shape index (κ1) is 24.2. The summed E-state index contributed by atoms with van der Waals surface area (Å²) in [6, 6.07) is 12.6. The van der Waals surface area contributed by atoms with Crippen LogP contribution in [0.2, 0.25) is 0 Å². The normalized spacial score (nSPS) is 11.1. The molecular weight excluding hydrogens is 422 g/mol. The Hall–Kier alpha value is -3.11. The third-order valence-electron chi connectivity index (χ3n) is 4.41. The summed E-state index contributed by atoms with van der Waals surface area (Å²) in [5.41, 5.74) is 4.68. The molecule has 2 aromatic carbocycles. The maximum absolute atomic E-state index is 12.6. The van der Waals surface area contributed by atoms with Crippen LogP contribution in [0, 0.1) is 0 Å². The lowest BCUT2D eigenvalue weighted by molar-refractivity contribution is -0.122. The molecule has 10 heteroatoms. The van der Waals surface area contributed by atoms with Crippen LogP contribution < -0.4 is 20.3 Å². The Balaban J connectivity index is 1.87. The van der Waals surface area contributed by atoms with Gasteiger partial charge in [-0.25, -0.2) is 8.42 Å². The summed E-state index contributed by atoms with van der Waals surface area (Å²) in [6.07, 6.45) is 0.0166. The van der Waals surface area contributed by atoms with Crippen molar-refractivity contribution in [1.82, 2.24) is 15.2 Å². The predicted molar refractivity (Wildman–Crippen MR) is 115 cm³/mol. The van der Waals surface area contributed by atoms with Crippen molar-refractivity contribution in [3.8, 4) is 11.5 Å². The van der Waals surface area contributed by atoms with E-state index in [2.05, 4.69) is 10.9 Å². The molecule has 0 saturated carbocycles. The molecule has 0 heterocycles. The summed E-state index contributed by atoms with van der Waals surface area (Å²) in [4.78, 5) is 24.3. The molecule has 0 unspecified atom stereocenters. The third kappa shape index (κ3) is 6.69. The Kier molecular flexibility index (Phi) is 8.83. The minimum Gasteiger partial charge on any atom is -0.497 e. The number of amides is 2. The first-order chi connectivity index (χ1) is 14.8. The zero-order valence-corrected chi connectivity index (χ0v) is 18.6. The highest BCUT2D eigenvalue weighted by molar-refractivity contribution is 7.89. The average molecular weight is 450 g/mol. The number of sulfonamides is 1.